The summed E-state index contributed by atoms with van der Waals surface area (Å²) >= 11 is 17.7. The van der Waals surface area contributed by atoms with E-state index in [1.807, 2.05) is 0 Å². The van der Waals surface area contributed by atoms with Crippen molar-refractivity contribution in [2.24, 2.45) is 0 Å². The molecule has 0 fully saturated rings. The standard InChI is InChI=1S/C12H6Cl3N3O2S/c13-7-5-6-10(12(15)11(7)14)21(19,20)18-9-4-2-1-3-8(9)16-17-18/h1-6H. The van der Waals surface area contributed by atoms with Crippen molar-refractivity contribution in [2.75, 3.05) is 0 Å². The molecular formula is C12H6Cl3N3O2S. The molecule has 0 aliphatic carbocycles. The Hall–Kier alpha value is -1.34. The van der Waals surface area contributed by atoms with Gasteiger partial charge in [-0.15, -0.1) is 9.19 Å². The first-order valence-electron chi connectivity index (χ1n) is 5.62. The van der Waals surface area contributed by atoms with Crippen LogP contribution in [0.4, 0.5) is 0 Å². The molecule has 108 valence electrons. The molecule has 0 aliphatic heterocycles. The van der Waals surface area contributed by atoms with Gasteiger partial charge < -0.3 is 0 Å². The summed E-state index contributed by atoms with van der Waals surface area (Å²) in [5.74, 6) is 0. The molecule has 3 rings (SSSR count). The van der Waals surface area contributed by atoms with Crippen LogP contribution in [-0.4, -0.2) is 22.8 Å². The van der Waals surface area contributed by atoms with Crippen LogP contribution < -0.4 is 0 Å². The van der Waals surface area contributed by atoms with Crippen LogP contribution in [0.3, 0.4) is 0 Å². The lowest BCUT2D eigenvalue weighted by Gasteiger charge is -2.08. The van der Waals surface area contributed by atoms with Gasteiger partial charge in [0.15, 0.2) is 0 Å². The van der Waals surface area contributed by atoms with E-state index in [4.69, 9.17) is 34.8 Å². The molecule has 1 heterocycles. The first kappa shape index (κ1) is 14.6. The van der Waals surface area contributed by atoms with E-state index in [9.17, 15) is 8.42 Å². The SMILES string of the molecule is O=S(=O)(c1ccc(Cl)c(Cl)c1Cl)n1nnc2ccccc21. The second-order valence-electron chi connectivity index (χ2n) is 4.10. The Balaban J connectivity index is 2.29. The van der Waals surface area contributed by atoms with E-state index in [0.717, 1.165) is 4.09 Å². The Kier molecular flexibility index (Phi) is 3.57. The van der Waals surface area contributed by atoms with Crippen molar-refractivity contribution in [3.63, 3.8) is 0 Å². The Morgan fingerprint density at radius 1 is 0.952 bits per heavy atom. The molecule has 3 aromatic rings. The minimum absolute atomic E-state index is 0.0242. The molecule has 1 aromatic heterocycles. The van der Waals surface area contributed by atoms with Crippen LogP contribution in [0.1, 0.15) is 0 Å². The number of nitrogens with zero attached hydrogens (tertiary/aromatic N) is 3. The number of rotatable bonds is 2. The van der Waals surface area contributed by atoms with Crippen molar-refractivity contribution in [3.8, 4) is 0 Å². The zero-order valence-corrected chi connectivity index (χ0v) is 13.2. The molecule has 5 nitrogen and oxygen atoms in total. The highest BCUT2D eigenvalue weighted by Gasteiger charge is 2.25. The Bertz CT molecular complexity index is 954. The average Bonchev–Trinajstić information content (AvgIpc) is 2.89. The average molecular weight is 363 g/mol. The van der Waals surface area contributed by atoms with Crippen molar-refractivity contribution in [1.82, 2.24) is 14.4 Å². The molecule has 0 atom stereocenters. The molecule has 9 heteroatoms. The summed E-state index contributed by atoms with van der Waals surface area (Å²) in [5.41, 5.74) is 0.803. The van der Waals surface area contributed by atoms with Gasteiger partial charge in [0.1, 0.15) is 15.9 Å². The fourth-order valence-electron chi connectivity index (χ4n) is 1.83. The molecule has 0 bridgehead atoms. The summed E-state index contributed by atoms with van der Waals surface area (Å²) in [6.45, 7) is 0. The molecule has 0 spiro atoms. The van der Waals surface area contributed by atoms with Crippen LogP contribution in [0.2, 0.25) is 15.1 Å². The van der Waals surface area contributed by atoms with Crippen LogP contribution in [0.25, 0.3) is 11.0 Å². The fourth-order valence-corrected chi connectivity index (χ4v) is 4.01. The van der Waals surface area contributed by atoms with E-state index >= 15 is 0 Å². The summed E-state index contributed by atoms with van der Waals surface area (Å²) in [7, 11) is -4.02. The number of benzene rings is 2. The molecule has 0 saturated carbocycles. The molecule has 0 unspecified atom stereocenters. The molecule has 0 aliphatic rings. The lowest BCUT2D eigenvalue weighted by molar-refractivity contribution is 0.579. The van der Waals surface area contributed by atoms with E-state index < -0.39 is 10.0 Å². The highest BCUT2D eigenvalue weighted by molar-refractivity contribution is 7.90. The number of aromatic nitrogens is 3. The molecule has 21 heavy (non-hydrogen) atoms. The van der Waals surface area contributed by atoms with Gasteiger partial charge in [-0.2, -0.15) is 8.42 Å². The van der Waals surface area contributed by atoms with Gasteiger partial charge in [-0.05, 0) is 24.3 Å². The molecule has 0 radical (unpaired) electrons. The molecule has 2 aromatic carbocycles. The minimum Gasteiger partial charge on any atom is -0.199 e. The summed E-state index contributed by atoms with van der Waals surface area (Å²) in [6, 6.07) is 9.32. The van der Waals surface area contributed by atoms with Gasteiger partial charge in [-0.3, -0.25) is 0 Å². The zero-order chi connectivity index (χ0) is 15.2. The van der Waals surface area contributed by atoms with Gasteiger partial charge in [0.25, 0.3) is 10.0 Å². The lowest BCUT2D eigenvalue weighted by atomic mass is 10.3. The van der Waals surface area contributed by atoms with Crippen molar-refractivity contribution < 1.29 is 8.42 Å². The third-order valence-electron chi connectivity index (χ3n) is 2.83. The van der Waals surface area contributed by atoms with Crippen LogP contribution >= 0.6 is 34.8 Å². The second kappa shape index (κ2) is 5.14. The minimum atomic E-state index is -4.02. The van der Waals surface area contributed by atoms with Crippen molar-refractivity contribution in [2.45, 2.75) is 4.90 Å². The van der Waals surface area contributed by atoms with E-state index in [-0.39, 0.29) is 20.0 Å². The number of hydrogen-bond acceptors (Lipinski definition) is 4. The topological polar surface area (TPSA) is 64.8 Å². The molecule has 0 saturated heterocycles. The van der Waals surface area contributed by atoms with Gasteiger partial charge in [0.2, 0.25) is 0 Å². The van der Waals surface area contributed by atoms with Gasteiger partial charge in [0.05, 0.1) is 15.1 Å². The Morgan fingerprint density at radius 2 is 1.67 bits per heavy atom. The van der Waals surface area contributed by atoms with E-state index in [0.29, 0.717) is 11.0 Å². The smallest absolute Gasteiger partial charge is 0.199 e. The predicted octanol–water partition coefficient (Wildman–Crippen LogP) is 3.63. The Morgan fingerprint density at radius 3 is 2.43 bits per heavy atom. The number of hydrogen-bond donors (Lipinski definition) is 0. The number of halogens is 3. The molecule has 0 amide bonds. The summed E-state index contributed by atoms with van der Waals surface area (Å²) in [6.07, 6.45) is 0. The van der Waals surface area contributed by atoms with Gasteiger partial charge >= 0.3 is 0 Å². The third-order valence-corrected chi connectivity index (χ3v) is 5.85. The predicted molar refractivity (Wildman–Crippen MR) is 81.6 cm³/mol. The van der Waals surface area contributed by atoms with Crippen molar-refractivity contribution >= 4 is 55.9 Å². The first-order valence-corrected chi connectivity index (χ1v) is 8.20. The van der Waals surface area contributed by atoms with E-state index in [1.54, 1.807) is 24.3 Å². The monoisotopic (exact) mass is 361 g/mol. The highest BCUT2D eigenvalue weighted by Crippen LogP contribution is 2.36. The maximum Gasteiger partial charge on any atom is 0.286 e. The maximum absolute atomic E-state index is 12.7. The summed E-state index contributed by atoms with van der Waals surface area (Å²) in [4.78, 5) is -0.186. The highest BCUT2D eigenvalue weighted by atomic mass is 35.5. The maximum atomic E-state index is 12.7. The zero-order valence-electron chi connectivity index (χ0n) is 10.2. The van der Waals surface area contributed by atoms with E-state index in [1.165, 1.54) is 12.1 Å². The van der Waals surface area contributed by atoms with Crippen LogP contribution in [-0.2, 0) is 10.0 Å². The summed E-state index contributed by atoms with van der Waals surface area (Å²) < 4.78 is 26.1. The lowest BCUT2D eigenvalue weighted by Crippen LogP contribution is -2.15. The van der Waals surface area contributed by atoms with Crippen LogP contribution in [0.15, 0.2) is 41.3 Å². The van der Waals surface area contributed by atoms with E-state index in [2.05, 4.69) is 10.3 Å². The van der Waals surface area contributed by atoms with Gasteiger partial charge in [0, 0.05) is 0 Å². The van der Waals surface area contributed by atoms with Crippen molar-refractivity contribution in [3.05, 3.63) is 51.5 Å². The summed E-state index contributed by atoms with van der Waals surface area (Å²) in [5, 5.41) is 7.49. The first-order chi connectivity index (χ1) is 9.93. The van der Waals surface area contributed by atoms with Crippen LogP contribution in [0, 0.1) is 0 Å². The van der Waals surface area contributed by atoms with Crippen LogP contribution in [0.5, 0.6) is 0 Å². The largest absolute Gasteiger partial charge is 0.286 e. The normalized spacial score (nSPS) is 12.0. The van der Waals surface area contributed by atoms with Gasteiger partial charge in [-0.1, -0.05) is 52.1 Å². The number of para-hydroxylation sites is 1. The third kappa shape index (κ3) is 2.28. The van der Waals surface area contributed by atoms with Crippen molar-refractivity contribution in [1.29, 1.82) is 0 Å². The molecular weight excluding hydrogens is 357 g/mol. The quantitative estimate of drug-likeness (QED) is 0.653. The second-order valence-corrected chi connectivity index (χ2v) is 7.00. The van der Waals surface area contributed by atoms with Gasteiger partial charge in [-0.25, -0.2) is 0 Å². The number of fused-ring (bicyclic) bond motifs is 1. The molecule has 0 N–H and O–H groups in total. The fraction of sp³-hybridized carbons (Fsp3) is 0. The Labute approximate surface area is 135 Å².